The van der Waals surface area contributed by atoms with Crippen molar-refractivity contribution in [2.24, 2.45) is 11.1 Å². The smallest absolute Gasteiger partial charge is 0.262 e. The molecule has 6 nitrogen and oxygen atoms in total. The lowest BCUT2D eigenvalue weighted by Crippen LogP contribution is -2.31. The number of nitrogens with one attached hydrogen (secondary N) is 1. The van der Waals surface area contributed by atoms with Gasteiger partial charge in [-0.1, -0.05) is 31.2 Å². The predicted molar refractivity (Wildman–Crippen MR) is 115 cm³/mol. The molecule has 3 rings (SSSR count). The number of ether oxygens (including phenoxy) is 2. The maximum atomic E-state index is 12.1. The zero-order valence-corrected chi connectivity index (χ0v) is 17.3. The summed E-state index contributed by atoms with van der Waals surface area (Å²) in [5.74, 6) is 1.03. The molecular formula is C23H31N3O3. The van der Waals surface area contributed by atoms with Crippen molar-refractivity contribution in [3.05, 3.63) is 54.1 Å². The fraction of sp³-hybridized carbons (Fsp3) is 0.435. The Morgan fingerprint density at radius 3 is 2.66 bits per heavy atom. The SMILES string of the molecule is CCOc1cc(CN2CCC(C)(CN)C2)ccc1OCC(=O)Nc1ccccc1. The number of hydrogen-bond donors (Lipinski definition) is 2. The first-order valence-corrected chi connectivity index (χ1v) is 10.2. The van der Waals surface area contributed by atoms with Crippen molar-refractivity contribution in [1.82, 2.24) is 4.90 Å². The molecule has 1 saturated heterocycles. The number of anilines is 1. The fourth-order valence-corrected chi connectivity index (χ4v) is 3.59. The lowest BCUT2D eigenvalue weighted by molar-refractivity contribution is -0.118. The van der Waals surface area contributed by atoms with Crippen LogP contribution in [0.5, 0.6) is 11.5 Å². The summed E-state index contributed by atoms with van der Waals surface area (Å²) in [7, 11) is 0. The van der Waals surface area contributed by atoms with Crippen LogP contribution in [-0.2, 0) is 11.3 Å². The number of hydrogen-bond acceptors (Lipinski definition) is 5. The highest BCUT2D eigenvalue weighted by atomic mass is 16.5. The third kappa shape index (κ3) is 5.95. The third-order valence-corrected chi connectivity index (χ3v) is 5.26. The molecule has 1 aliphatic heterocycles. The minimum Gasteiger partial charge on any atom is -0.490 e. The number of para-hydroxylation sites is 1. The highest BCUT2D eigenvalue weighted by Crippen LogP contribution is 2.32. The summed E-state index contributed by atoms with van der Waals surface area (Å²) in [5.41, 5.74) is 8.03. The van der Waals surface area contributed by atoms with Crippen LogP contribution in [0.2, 0.25) is 0 Å². The van der Waals surface area contributed by atoms with Crippen molar-refractivity contribution in [2.75, 3.05) is 38.2 Å². The second kappa shape index (κ2) is 9.76. The standard InChI is InChI=1S/C23H31N3O3/c1-3-28-21-13-18(14-26-12-11-23(2,16-24)17-26)9-10-20(21)29-15-22(27)25-19-7-5-4-6-8-19/h4-10,13H,3,11-12,14-17,24H2,1-2H3,(H,25,27). The molecule has 1 atom stereocenters. The van der Waals surface area contributed by atoms with Crippen LogP contribution >= 0.6 is 0 Å². The second-order valence-electron chi connectivity index (χ2n) is 7.89. The van der Waals surface area contributed by atoms with Gasteiger partial charge in [-0.05, 0) is 61.7 Å². The highest BCUT2D eigenvalue weighted by molar-refractivity contribution is 5.91. The predicted octanol–water partition coefficient (Wildman–Crippen LogP) is 3.27. The van der Waals surface area contributed by atoms with Crippen LogP contribution in [0.4, 0.5) is 5.69 Å². The van der Waals surface area contributed by atoms with Crippen molar-refractivity contribution in [3.8, 4) is 11.5 Å². The first kappa shape index (κ1) is 21.1. The molecule has 156 valence electrons. The van der Waals surface area contributed by atoms with Crippen molar-refractivity contribution in [3.63, 3.8) is 0 Å². The lowest BCUT2D eigenvalue weighted by Gasteiger charge is -2.23. The van der Waals surface area contributed by atoms with Gasteiger partial charge in [0.15, 0.2) is 18.1 Å². The maximum Gasteiger partial charge on any atom is 0.262 e. The van der Waals surface area contributed by atoms with Crippen molar-refractivity contribution in [1.29, 1.82) is 0 Å². The topological polar surface area (TPSA) is 76.8 Å². The molecular weight excluding hydrogens is 366 g/mol. The van der Waals surface area contributed by atoms with E-state index in [1.807, 2.05) is 55.5 Å². The van der Waals surface area contributed by atoms with E-state index in [0.717, 1.165) is 37.3 Å². The van der Waals surface area contributed by atoms with E-state index in [1.165, 1.54) is 0 Å². The van der Waals surface area contributed by atoms with Crippen molar-refractivity contribution >= 4 is 11.6 Å². The second-order valence-corrected chi connectivity index (χ2v) is 7.89. The summed E-state index contributed by atoms with van der Waals surface area (Å²) >= 11 is 0. The molecule has 0 spiro atoms. The maximum absolute atomic E-state index is 12.1. The first-order chi connectivity index (χ1) is 14.0. The van der Waals surface area contributed by atoms with Gasteiger partial charge in [-0.25, -0.2) is 0 Å². The van der Waals surface area contributed by atoms with Crippen LogP contribution in [0.1, 0.15) is 25.8 Å². The minimum absolute atomic E-state index is 0.0741. The van der Waals surface area contributed by atoms with Gasteiger partial charge in [0.05, 0.1) is 6.61 Å². The molecule has 0 saturated carbocycles. The molecule has 1 fully saturated rings. The average molecular weight is 398 g/mol. The van der Waals surface area contributed by atoms with E-state index < -0.39 is 0 Å². The minimum atomic E-state index is -0.208. The van der Waals surface area contributed by atoms with Crippen LogP contribution in [0.3, 0.4) is 0 Å². The number of likely N-dealkylation sites (tertiary alicyclic amines) is 1. The van der Waals surface area contributed by atoms with Crippen LogP contribution in [0, 0.1) is 5.41 Å². The van der Waals surface area contributed by atoms with Gasteiger partial charge >= 0.3 is 0 Å². The molecule has 2 aromatic carbocycles. The quantitative estimate of drug-likeness (QED) is 0.679. The molecule has 1 heterocycles. The number of rotatable bonds is 9. The van der Waals surface area contributed by atoms with E-state index in [9.17, 15) is 4.79 Å². The Morgan fingerprint density at radius 1 is 1.17 bits per heavy atom. The monoisotopic (exact) mass is 397 g/mol. The molecule has 6 heteroatoms. The molecule has 3 N–H and O–H groups in total. The Hall–Kier alpha value is -2.57. The number of amides is 1. The van der Waals surface area contributed by atoms with Gasteiger partial charge in [0.2, 0.25) is 0 Å². The number of carbonyl (C=O) groups excluding carboxylic acids is 1. The van der Waals surface area contributed by atoms with Gasteiger partial charge < -0.3 is 20.5 Å². The lowest BCUT2D eigenvalue weighted by atomic mass is 9.90. The summed E-state index contributed by atoms with van der Waals surface area (Å²) in [5, 5.41) is 2.81. The summed E-state index contributed by atoms with van der Waals surface area (Å²) in [6.07, 6.45) is 1.12. The number of nitrogens with two attached hydrogens (primary N) is 1. The Kier molecular flexibility index (Phi) is 7.12. The van der Waals surface area contributed by atoms with E-state index in [2.05, 4.69) is 17.1 Å². The van der Waals surface area contributed by atoms with Gasteiger partial charge in [0.25, 0.3) is 5.91 Å². The Morgan fingerprint density at radius 2 is 1.97 bits per heavy atom. The van der Waals surface area contributed by atoms with Gasteiger partial charge in [-0.15, -0.1) is 0 Å². The zero-order chi connectivity index (χ0) is 20.7. The van der Waals surface area contributed by atoms with E-state index in [0.29, 0.717) is 24.7 Å². The first-order valence-electron chi connectivity index (χ1n) is 10.2. The summed E-state index contributed by atoms with van der Waals surface area (Å²) < 4.78 is 11.5. The number of nitrogens with zero attached hydrogens (tertiary/aromatic N) is 1. The fourth-order valence-electron chi connectivity index (χ4n) is 3.59. The number of carbonyl (C=O) groups is 1. The third-order valence-electron chi connectivity index (χ3n) is 5.26. The summed E-state index contributed by atoms with van der Waals surface area (Å²) in [6.45, 7) is 8.26. The molecule has 2 aromatic rings. The Labute approximate surface area is 173 Å². The van der Waals surface area contributed by atoms with E-state index in [1.54, 1.807) is 0 Å². The van der Waals surface area contributed by atoms with Gasteiger partial charge in [0.1, 0.15) is 0 Å². The van der Waals surface area contributed by atoms with Crippen LogP contribution in [-0.4, -0.2) is 43.7 Å². The van der Waals surface area contributed by atoms with Crippen molar-refractivity contribution < 1.29 is 14.3 Å². The van der Waals surface area contributed by atoms with Crippen molar-refractivity contribution in [2.45, 2.75) is 26.8 Å². The molecule has 0 aliphatic carbocycles. The molecule has 1 amide bonds. The molecule has 0 bridgehead atoms. The summed E-state index contributed by atoms with van der Waals surface area (Å²) in [6, 6.07) is 15.3. The molecule has 0 radical (unpaired) electrons. The highest BCUT2D eigenvalue weighted by Gasteiger charge is 2.32. The van der Waals surface area contributed by atoms with E-state index >= 15 is 0 Å². The number of benzene rings is 2. The Balaban J connectivity index is 1.59. The Bertz CT molecular complexity index is 812. The van der Waals surface area contributed by atoms with Gasteiger partial charge in [-0.3, -0.25) is 9.69 Å². The average Bonchev–Trinajstić information content (AvgIpc) is 3.10. The summed E-state index contributed by atoms with van der Waals surface area (Å²) in [4.78, 5) is 14.6. The molecule has 1 aliphatic rings. The molecule has 29 heavy (non-hydrogen) atoms. The normalized spacial score (nSPS) is 19.1. The molecule has 0 aromatic heterocycles. The van der Waals surface area contributed by atoms with Crippen LogP contribution in [0.25, 0.3) is 0 Å². The molecule has 1 unspecified atom stereocenters. The van der Waals surface area contributed by atoms with Gasteiger partial charge in [0, 0.05) is 18.8 Å². The van der Waals surface area contributed by atoms with Crippen LogP contribution < -0.4 is 20.5 Å². The van der Waals surface area contributed by atoms with Crippen LogP contribution in [0.15, 0.2) is 48.5 Å². The van der Waals surface area contributed by atoms with E-state index in [-0.39, 0.29) is 17.9 Å². The zero-order valence-electron chi connectivity index (χ0n) is 17.3. The van der Waals surface area contributed by atoms with E-state index in [4.69, 9.17) is 15.2 Å². The van der Waals surface area contributed by atoms with Gasteiger partial charge in [-0.2, -0.15) is 0 Å². The largest absolute Gasteiger partial charge is 0.490 e.